The third-order valence-corrected chi connectivity index (χ3v) is 4.83. The van der Waals surface area contributed by atoms with Crippen LogP contribution in [0.25, 0.3) is 0 Å². The quantitative estimate of drug-likeness (QED) is 0.526. The van der Waals surface area contributed by atoms with E-state index in [1.807, 2.05) is 19.9 Å². The van der Waals surface area contributed by atoms with Gasteiger partial charge in [-0.3, -0.25) is 4.79 Å². The Hall–Kier alpha value is -3.13. The zero-order valence-electron chi connectivity index (χ0n) is 15.9. The number of amides is 1. The number of esters is 1. The Labute approximate surface area is 176 Å². The number of hydrogen-bond donors (Lipinski definition) is 1. The first-order valence-corrected chi connectivity index (χ1v) is 9.59. The Bertz CT molecular complexity index is 995. The summed E-state index contributed by atoms with van der Waals surface area (Å²) in [6, 6.07) is 13.7. The fourth-order valence-electron chi connectivity index (χ4n) is 2.51. The lowest BCUT2D eigenvalue weighted by atomic mass is 10.2. The van der Waals surface area contributed by atoms with E-state index in [1.54, 1.807) is 42.5 Å². The number of rotatable bonds is 7. The van der Waals surface area contributed by atoms with Gasteiger partial charge < -0.3 is 19.3 Å². The van der Waals surface area contributed by atoms with E-state index in [2.05, 4.69) is 26.4 Å². The number of carbonyl (C=O) groups excluding carboxylic acids is 2. The largest absolute Gasteiger partial charge is 0.489 e. The van der Waals surface area contributed by atoms with Crippen molar-refractivity contribution in [1.29, 1.82) is 0 Å². The predicted molar refractivity (Wildman–Crippen MR) is 110 cm³/mol. The van der Waals surface area contributed by atoms with Gasteiger partial charge in [0.15, 0.2) is 6.61 Å². The van der Waals surface area contributed by atoms with Gasteiger partial charge in [0, 0.05) is 4.47 Å². The van der Waals surface area contributed by atoms with E-state index in [9.17, 15) is 9.59 Å². The second-order valence-corrected chi connectivity index (χ2v) is 7.07. The van der Waals surface area contributed by atoms with Gasteiger partial charge in [0.05, 0.1) is 22.5 Å². The number of nitrogens with zero attached hydrogens (tertiary/aromatic N) is 1. The number of carbonyl (C=O) groups is 2. The third-order valence-electron chi connectivity index (χ3n) is 4.14. The van der Waals surface area contributed by atoms with Crippen LogP contribution in [0.5, 0.6) is 5.75 Å². The van der Waals surface area contributed by atoms with Crippen molar-refractivity contribution >= 4 is 33.5 Å². The SMILES string of the molecule is Cc1noc(C)c1COc1ccc(C(=O)OCC(=O)Nc2ccccc2Br)cc1. The maximum atomic E-state index is 12.1. The highest BCUT2D eigenvalue weighted by Gasteiger charge is 2.13. The number of aryl methyl sites for hydroxylation is 2. The normalized spacial score (nSPS) is 10.4. The Balaban J connectivity index is 1.50. The average Bonchev–Trinajstić information content (AvgIpc) is 3.04. The molecule has 150 valence electrons. The number of hydrogen-bond acceptors (Lipinski definition) is 6. The van der Waals surface area contributed by atoms with Crippen molar-refractivity contribution in [2.75, 3.05) is 11.9 Å². The molecule has 29 heavy (non-hydrogen) atoms. The van der Waals surface area contributed by atoms with Crippen molar-refractivity contribution in [2.24, 2.45) is 0 Å². The van der Waals surface area contributed by atoms with Gasteiger partial charge >= 0.3 is 5.97 Å². The van der Waals surface area contributed by atoms with Crippen LogP contribution >= 0.6 is 15.9 Å². The smallest absolute Gasteiger partial charge is 0.338 e. The highest BCUT2D eigenvalue weighted by Crippen LogP contribution is 2.21. The van der Waals surface area contributed by atoms with Gasteiger partial charge in [-0.2, -0.15) is 0 Å². The molecular weight excluding hydrogens is 440 g/mol. The molecule has 0 fully saturated rings. The molecule has 0 bridgehead atoms. The summed E-state index contributed by atoms with van der Waals surface area (Å²) in [4.78, 5) is 24.1. The molecule has 0 radical (unpaired) electrons. The first-order chi connectivity index (χ1) is 13.9. The van der Waals surface area contributed by atoms with Crippen molar-refractivity contribution in [2.45, 2.75) is 20.5 Å². The molecule has 2 aromatic carbocycles. The highest BCUT2D eigenvalue weighted by atomic mass is 79.9. The summed E-state index contributed by atoms with van der Waals surface area (Å²) in [5.41, 5.74) is 2.60. The second kappa shape index (κ2) is 9.38. The minimum absolute atomic E-state index is 0.320. The van der Waals surface area contributed by atoms with E-state index in [-0.39, 0.29) is 6.61 Å². The first kappa shape index (κ1) is 20.6. The lowest BCUT2D eigenvalue weighted by molar-refractivity contribution is -0.119. The van der Waals surface area contributed by atoms with Crippen LogP contribution in [-0.4, -0.2) is 23.6 Å². The Morgan fingerprint density at radius 1 is 1.10 bits per heavy atom. The molecule has 3 rings (SSSR count). The summed E-state index contributed by atoms with van der Waals surface area (Å²) in [6.45, 7) is 3.61. The van der Waals surface area contributed by atoms with E-state index in [0.717, 1.165) is 15.7 Å². The fourth-order valence-corrected chi connectivity index (χ4v) is 2.90. The standard InChI is InChI=1S/C21H19BrN2O5/c1-13-17(14(2)29-24-13)11-27-16-9-7-15(8-10-16)21(26)28-12-20(25)23-19-6-4-3-5-18(19)22/h3-10H,11-12H2,1-2H3,(H,23,25). The molecule has 0 saturated heterocycles. The number of nitrogens with one attached hydrogen (secondary N) is 1. The Morgan fingerprint density at radius 3 is 2.48 bits per heavy atom. The topological polar surface area (TPSA) is 90.7 Å². The van der Waals surface area contributed by atoms with Crippen LogP contribution in [0.3, 0.4) is 0 Å². The summed E-state index contributed by atoms with van der Waals surface area (Å²) in [7, 11) is 0. The second-order valence-electron chi connectivity index (χ2n) is 6.22. The zero-order valence-corrected chi connectivity index (χ0v) is 17.5. The number of ether oxygens (including phenoxy) is 2. The molecule has 0 atom stereocenters. The number of benzene rings is 2. The van der Waals surface area contributed by atoms with Crippen molar-refractivity contribution in [3.63, 3.8) is 0 Å². The van der Waals surface area contributed by atoms with Gasteiger partial charge in [0.2, 0.25) is 0 Å². The van der Waals surface area contributed by atoms with Crippen LogP contribution in [0.4, 0.5) is 5.69 Å². The van der Waals surface area contributed by atoms with Crippen LogP contribution in [0, 0.1) is 13.8 Å². The van der Waals surface area contributed by atoms with E-state index in [4.69, 9.17) is 14.0 Å². The van der Waals surface area contributed by atoms with Gasteiger partial charge in [-0.25, -0.2) is 4.79 Å². The molecule has 0 aliphatic carbocycles. The average molecular weight is 459 g/mol. The lowest BCUT2D eigenvalue weighted by Crippen LogP contribution is -2.21. The van der Waals surface area contributed by atoms with Gasteiger partial charge in [-0.1, -0.05) is 17.3 Å². The van der Waals surface area contributed by atoms with E-state index >= 15 is 0 Å². The lowest BCUT2D eigenvalue weighted by Gasteiger charge is -2.09. The number of aromatic nitrogens is 1. The summed E-state index contributed by atoms with van der Waals surface area (Å²) in [5, 5.41) is 6.55. The molecule has 0 aliphatic rings. The van der Waals surface area contributed by atoms with Crippen molar-refractivity contribution < 1.29 is 23.6 Å². The molecule has 1 heterocycles. The molecule has 7 nitrogen and oxygen atoms in total. The fraction of sp³-hybridized carbons (Fsp3) is 0.190. The van der Waals surface area contributed by atoms with E-state index in [0.29, 0.717) is 29.4 Å². The maximum absolute atomic E-state index is 12.1. The minimum Gasteiger partial charge on any atom is -0.489 e. The van der Waals surface area contributed by atoms with Crippen LogP contribution in [-0.2, 0) is 16.1 Å². The minimum atomic E-state index is -0.593. The number of para-hydroxylation sites is 1. The molecule has 8 heteroatoms. The van der Waals surface area contributed by atoms with Crippen LogP contribution in [0.2, 0.25) is 0 Å². The molecule has 0 aliphatic heterocycles. The number of halogens is 1. The van der Waals surface area contributed by atoms with Crippen LogP contribution in [0.1, 0.15) is 27.4 Å². The van der Waals surface area contributed by atoms with E-state index < -0.39 is 11.9 Å². The molecule has 1 N–H and O–H groups in total. The summed E-state index contributed by atoms with van der Waals surface area (Å²) >= 11 is 3.34. The van der Waals surface area contributed by atoms with Gasteiger partial charge in [-0.15, -0.1) is 0 Å². The molecule has 3 aromatic rings. The van der Waals surface area contributed by atoms with Crippen molar-refractivity contribution in [3.05, 3.63) is 75.6 Å². The van der Waals surface area contributed by atoms with E-state index in [1.165, 1.54) is 0 Å². The summed E-state index contributed by atoms with van der Waals surface area (Å²) in [6.07, 6.45) is 0. The Morgan fingerprint density at radius 2 is 1.83 bits per heavy atom. The predicted octanol–water partition coefficient (Wildman–Crippen LogP) is 4.43. The summed E-state index contributed by atoms with van der Waals surface area (Å²) in [5.74, 6) is 0.283. The van der Waals surface area contributed by atoms with Gasteiger partial charge in [0.1, 0.15) is 18.1 Å². The highest BCUT2D eigenvalue weighted by molar-refractivity contribution is 9.10. The molecule has 1 amide bonds. The molecule has 0 saturated carbocycles. The molecular formula is C21H19BrN2O5. The molecule has 1 aromatic heterocycles. The monoisotopic (exact) mass is 458 g/mol. The summed E-state index contributed by atoms with van der Waals surface area (Å²) < 4.78 is 16.6. The molecule has 0 unspecified atom stereocenters. The number of anilines is 1. The Kier molecular flexibility index (Phi) is 6.66. The van der Waals surface area contributed by atoms with Crippen molar-refractivity contribution in [3.8, 4) is 5.75 Å². The van der Waals surface area contributed by atoms with Gasteiger partial charge in [-0.05, 0) is 66.2 Å². The maximum Gasteiger partial charge on any atom is 0.338 e. The zero-order chi connectivity index (χ0) is 20.8. The third kappa shape index (κ3) is 5.45. The first-order valence-electron chi connectivity index (χ1n) is 8.80. The molecule has 0 spiro atoms. The van der Waals surface area contributed by atoms with Gasteiger partial charge in [0.25, 0.3) is 5.91 Å². The van der Waals surface area contributed by atoms with Crippen LogP contribution < -0.4 is 10.1 Å². The van der Waals surface area contributed by atoms with Crippen molar-refractivity contribution in [1.82, 2.24) is 5.16 Å². The van der Waals surface area contributed by atoms with Crippen LogP contribution in [0.15, 0.2) is 57.5 Å².